The van der Waals surface area contributed by atoms with Gasteiger partial charge in [-0.15, -0.1) is 0 Å². The predicted molar refractivity (Wildman–Crippen MR) is 101 cm³/mol. The predicted octanol–water partition coefficient (Wildman–Crippen LogP) is 3.82. The van der Waals surface area contributed by atoms with Gasteiger partial charge in [0.05, 0.1) is 13.2 Å². The van der Waals surface area contributed by atoms with Crippen LogP contribution in [0.2, 0.25) is 5.02 Å². The fourth-order valence-corrected chi connectivity index (χ4v) is 2.61. The molecule has 0 bridgehead atoms. The fourth-order valence-electron chi connectivity index (χ4n) is 2.48. The van der Waals surface area contributed by atoms with Gasteiger partial charge in [-0.3, -0.25) is 0 Å². The molecule has 0 saturated carbocycles. The summed E-state index contributed by atoms with van der Waals surface area (Å²) in [5, 5.41) is 4.70. The van der Waals surface area contributed by atoms with Crippen molar-refractivity contribution in [3.8, 4) is 0 Å². The van der Waals surface area contributed by atoms with E-state index in [-0.39, 0.29) is 0 Å². The lowest BCUT2D eigenvalue weighted by atomic mass is 10.1. The molecule has 0 aliphatic carbocycles. The Morgan fingerprint density at radius 2 is 1.89 bits per heavy atom. The lowest BCUT2D eigenvalue weighted by molar-refractivity contribution is -0.163. The van der Waals surface area contributed by atoms with Gasteiger partial charge in [0.15, 0.2) is 6.10 Å². The molecule has 2 unspecified atom stereocenters. The van der Waals surface area contributed by atoms with E-state index in [0.29, 0.717) is 18.2 Å². The first-order chi connectivity index (χ1) is 13.1. The summed E-state index contributed by atoms with van der Waals surface area (Å²) < 4.78 is 13.0. The molecule has 0 radical (unpaired) electrons. The molecule has 3 aromatic rings. The molecule has 0 amide bonds. The molecule has 7 heteroatoms. The van der Waals surface area contributed by atoms with Crippen molar-refractivity contribution in [3.05, 3.63) is 83.4 Å². The second kappa shape index (κ2) is 9.30. The molecule has 0 saturated heterocycles. The molecular formula is C20H20ClN3O3. The van der Waals surface area contributed by atoms with Crippen LogP contribution in [-0.4, -0.2) is 26.8 Å². The van der Waals surface area contributed by atoms with Gasteiger partial charge in [-0.2, -0.15) is 5.10 Å². The van der Waals surface area contributed by atoms with Crippen LogP contribution in [0.25, 0.3) is 0 Å². The minimum atomic E-state index is -0.698. The van der Waals surface area contributed by atoms with Crippen LogP contribution in [0, 0.1) is 0 Å². The normalized spacial score (nSPS) is 13.1. The van der Waals surface area contributed by atoms with Gasteiger partial charge in [-0.25, -0.2) is 14.5 Å². The standard InChI is InChI=1S/C20H20ClN3O3/c1-15(26-12-16-5-3-2-4-6-16)20(25)27-19(11-24-14-22-13-23-24)17-7-9-18(21)10-8-17/h2-10,13-15,19H,11-12H2,1H3. The minimum absolute atomic E-state index is 0.339. The molecule has 2 atom stereocenters. The number of ether oxygens (including phenoxy) is 2. The number of esters is 1. The number of rotatable bonds is 8. The SMILES string of the molecule is CC(OCc1ccccc1)C(=O)OC(Cn1cncn1)c1ccc(Cl)cc1. The maximum absolute atomic E-state index is 12.5. The average molecular weight is 386 g/mol. The van der Waals surface area contributed by atoms with Crippen LogP contribution >= 0.6 is 11.6 Å². The zero-order valence-electron chi connectivity index (χ0n) is 14.9. The molecule has 0 spiro atoms. The number of carbonyl (C=O) groups excluding carboxylic acids is 1. The van der Waals surface area contributed by atoms with Crippen molar-refractivity contribution < 1.29 is 14.3 Å². The fraction of sp³-hybridized carbons (Fsp3) is 0.250. The van der Waals surface area contributed by atoms with E-state index in [4.69, 9.17) is 21.1 Å². The van der Waals surface area contributed by atoms with Gasteiger partial charge < -0.3 is 9.47 Å². The zero-order valence-corrected chi connectivity index (χ0v) is 15.6. The topological polar surface area (TPSA) is 66.2 Å². The first-order valence-corrected chi connectivity index (χ1v) is 8.93. The van der Waals surface area contributed by atoms with E-state index in [1.54, 1.807) is 30.1 Å². The monoisotopic (exact) mass is 385 g/mol. The number of nitrogens with zero attached hydrogens (tertiary/aromatic N) is 3. The van der Waals surface area contributed by atoms with E-state index < -0.39 is 18.2 Å². The summed E-state index contributed by atoms with van der Waals surface area (Å²) in [5.41, 5.74) is 1.81. The van der Waals surface area contributed by atoms with Crippen LogP contribution in [0.4, 0.5) is 0 Å². The van der Waals surface area contributed by atoms with Crippen LogP contribution in [0.1, 0.15) is 24.2 Å². The number of benzene rings is 2. The van der Waals surface area contributed by atoms with Crippen molar-refractivity contribution in [3.63, 3.8) is 0 Å². The second-order valence-electron chi connectivity index (χ2n) is 6.03. The molecule has 3 rings (SSSR count). The van der Waals surface area contributed by atoms with Crippen molar-refractivity contribution >= 4 is 17.6 Å². The molecule has 2 aromatic carbocycles. The number of halogens is 1. The van der Waals surface area contributed by atoms with Gasteiger partial charge in [0.25, 0.3) is 0 Å². The Morgan fingerprint density at radius 1 is 1.15 bits per heavy atom. The van der Waals surface area contributed by atoms with Gasteiger partial charge >= 0.3 is 5.97 Å². The van der Waals surface area contributed by atoms with E-state index in [2.05, 4.69) is 10.1 Å². The van der Waals surface area contributed by atoms with Crippen LogP contribution in [0.5, 0.6) is 0 Å². The maximum atomic E-state index is 12.5. The average Bonchev–Trinajstić information content (AvgIpc) is 3.20. The summed E-state index contributed by atoms with van der Waals surface area (Å²) in [6.45, 7) is 2.37. The number of hydrogen-bond donors (Lipinski definition) is 0. The third-order valence-corrected chi connectivity index (χ3v) is 4.25. The van der Waals surface area contributed by atoms with Crippen molar-refractivity contribution in [2.45, 2.75) is 32.3 Å². The first kappa shape index (κ1) is 19.1. The third kappa shape index (κ3) is 5.64. The minimum Gasteiger partial charge on any atom is -0.454 e. The smallest absolute Gasteiger partial charge is 0.335 e. The number of hydrogen-bond acceptors (Lipinski definition) is 5. The van der Waals surface area contributed by atoms with Crippen molar-refractivity contribution in [1.29, 1.82) is 0 Å². The van der Waals surface area contributed by atoms with E-state index in [9.17, 15) is 4.79 Å². The van der Waals surface area contributed by atoms with Gasteiger partial charge in [0.1, 0.15) is 18.8 Å². The Morgan fingerprint density at radius 3 is 2.56 bits per heavy atom. The maximum Gasteiger partial charge on any atom is 0.335 e. The molecule has 0 N–H and O–H groups in total. The van der Waals surface area contributed by atoms with Crippen molar-refractivity contribution in [2.24, 2.45) is 0 Å². The highest BCUT2D eigenvalue weighted by molar-refractivity contribution is 6.30. The quantitative estimate of drug-likeness (QED) is 0.551. The van der Waals surface area contributed by atoms with Crippen LogP contribution in [0.15, 0.2) is 67.3 Å². The summed E-state index contributed by atoms with van der Waals surface area (Å²) >= 11 is 5.96. The Balaban J connectivity index is 1.65. The summed E-state index contributed by atoms with van der Waals surface area (Å²) in [6, 6.07) is 16.8. The van der Waals surface area contributed by atoms with Gasteiger partial charge in [-0.05, 0) is 30.2 Å². The molecule has 0 fully saturated rings. The molecule has 27 heavy (non-hydrogen) atoms. The van der Waals surface area contributed by atoms with Crippen molar-refractivity contribution in [1.82, 2.24) is 14.8 Å². The highest BCUT2D eigenvalue weighted by Crippen LogP contribution is 2.22. The summed E-state index contributed by atoms with van der Waals surface area (Å²) in [6.07, 6.45) is 1.79. The Kier molecular flexibility index (Phi) is 6.57. The van der Waals surface area contributed by atoms with Crippen molar-refractivity contribution in [2.75, 3.05) is 0 Å². The third-order valence-electron chi connectivity index (χ3n) is 3.99. The van der Waals surface area contributed by atoms with E-state index in [1.165, 1.54) is 6.33 Å². The van der Waals surface area contributed by atoms with E-state index >= 15 is 0 Å². The van der Waals surface area contributed by atoms with Gasteiger partial charge in [-0.1, -0.05) is 54.1 Å². The molecule has 1 heterocycles. The summed E-state index contributed by atoms with van der Waals surface area (Å²) in [5.74, 6) is -0.439. The lowest BCUT2D eigenvalue weighted by Gasteiger charge is -2.21. The molecule has 6 nitrogen and oxygen atoms in total. The highest BCUT2D eigenvalue weighted by atomic mass is 35.5. The second-order valence-corrected chi connectivity index (χ2v) is 6.47. The zero-order chi connectivity index (χ0) is 19.1. The Bertz CT molecular complexity index is 839. The van der Waals surface area contributed by atoms with E-state index in [0.717, 1.165) is 11.1 Å². The van der Waals surface area contributed by atoms with Crippen LogP contribution in [0.3, 0.4) is 0 Å². The Hall–Kier alpha value is -2.70. The summed E-state index contributed by atoms with van der Waals surface area (Å²) in [4.78, 5) is 16.5. The molecule has 0 aliphatic rings. The summed E-state index contributed by atoms with van der Waals surface area (Å²) in [7, 11) is 0. The molecule has 1 aromatic heterocycles. The lowest BCUT2D eigenvalue weighted by Crippen LogP contribution is -2.27. The van der Waals surface area contributed by atoms with E-state index in [1.807, 2.05) is 42.5 Å². The Labute approximate surface area is 162 Å². The highest BCUT2D eigenvalue weighted by Gasteiger charge is 2.23. The van der Waals surface area contributed by atoms with Gasteiger partial charge in [0.2, 0.25) is 0 Å². The number of aromatic nitrogens is 3. The molecular weight excluding hydrogens is 366 g/mol. The number of carbonyl (C=O) groups is 1. The molecule has 0 aliphatic heterocycles. The first-order valence-electron chi connectivity index (χ1n) is 8.55. The molecule has 140 valence electrons. The van der Waals surface area contributed by atoms with Gasteiger partial charge in [0, 0.05) is 5.02 Å². The largest absolute Gasteiger partial charge is 0.454 e. The van der Waals surface area contributed by atoms with Crippen LogP contribution < -0.4 is 0 Å². The van der Waals surface area contributed by atoms with Crippen LogP contribution in [-0.2, 0) is 27.4 Å².